The highest BCUT2D eigenvalue weighted by molar-refractivity contribution is 5.84. The molecule has 19 heavy (non-hydrogen) atoms. The Kier molecular flexibility index (Phi) is 3.94. The molecule has 2 nitrogen and oxygen atoms in total. The molecule has 1 aromatic carbocycles. The fourth-order valence-electron chi connectivity index (χ4n) is 2.57. The van der Waals surface area contributed by atoms with Crippen LogP contribution in [0, 0.1) is 5.92 Å². The third-order valence-corrected chi connectivity index (χ3v) is 3.63. The van der Waals surface area contributed by atoms with Crippen LogP contribution in [0.5, 0.6) is 0 Å². The van der Waals surface area contributed by atoms with E-state index in [0.29, 0.717) is 6.42 Å². The van der Waals surface area contributed by atoms with Gasteiger partial charge in [0, 0.05) is 18.4 Å². The molecule has 0 aromatic heterocycles. The lowest BCUT2D eigenvalue weighted by Gasteiger charge is -2.16. The Bertz CT molecular complexity index is 470. The van der Waals surface area contributed by atoms with E-state index in [2.05, 4.69) is 5.32 Å². The number of ketones is 1. The molecule has 0 bridgehead atoms. The minimum atomic E-state index is -4.41. The van der Waals surface area contributed by atoms with Crippen molar-refractivity contribution in [1.82, 2.24) is 5.32 Å². The zero-order valence-corrected chi connectivity index (χ0v) is 10.6. The molecule has 2 unspecified atom stereocenters. The standard InChI is InChI=1S/C14H16F3NO/c1-9-11(6-7-18-9)13(19)8-10-4-2-3-5-12(10)14(15,16)17/h2-5,9,11,18H,6-8H2,1H3. The predicted molar refractivity (Wildman–Crippen MR) is 65.7 cm³/mol. The predicted octanol–water partition coefficient (Wildman–Crippen LogP) is 2.82. The summed E-state index contributed by atoms with van der Waals surface area (Å²) in [6.45, 7) is 2.64. The maximum Gasteiger partial charge on any atom is 0.416 e. The molecule has 2 rings (SSSR count). The van der Waals surface area contributed by atoms with Gasteiger partial charge in [-0.05, 0) is 31.5 Å². The molecule has 5 heteroatoms. The van der Waals surface area contributed by atoms with E-state index in [1.807, 2.05) is 6.92 Å². The van der Waals surface area contributed by atoms with Gasteiger partial charge in [0.1, 0.15) is 5.78 Å². The summed E-state index contributed by atoms with van der Waals surface area (Å²) in [5.74, 6) is -0.296. The Labute approximate surface area is 110 Å². The van der Waals surface area contributed by atoms with Gasteiger partial charge >= 0.3 is 6.18 Å². The van der Waals surface area contributed by atoms with Gasteiger partial charge in [0.05, 0.1) is 5.56 Å². The fraction of sp³-hybridized carbons (Fsp3) is 0.500. The van der Waals surface area contributed by atoms with Gasteiger partial charge in [-0.15, -0.1) is 0 Å². The van der Waals surface area contributed by atoms with Crippen molar-refractivity contribution < 1.29 is 18.0 Å². The van der Waals surface area contributed by atoms with Crippen LogP contribution in [0.15, 0.2) is 24.3 Å². The molecule has 0 radical (unpaired) electrons. The van der Waals surface area contributed by atoms with Crippen LogP contribution in [0.1, 0.15) is 24.5 Å². The minimum Gasteiger partial charge on any atom is -0.314 e. The van der Waals surface area contributed by atoms with Gasteiger partial charge in [0.2, 0.25) is 0 Å². The molecule has 1 N–H and O–H groups in total. The average Bonchev–Trinajstić information content (AvgIpc) is 2.75. The molecule has 1 saturated heterocycles. The van der Waals surface area contributed by atoms with Crippen LogP contribution in [-0.4, -0.2) is 18.4 Å². The third kappa shape index (κ3) is 3.15. The Morgan fingerprint density at radius 3 is 2.63 bits per heavy atom. The smallest absolute Gasteiger partial charge is 0.314 e. The SMILES string of the molecule is CC1NCCC1C(=O)Cc1ccccc1C(F)(F)F. The number of hydrogen-bond donors (Lipinski definition) is 1. The van der Waals surface area contributed by atoms with Crippen molar-refractivity contribution in [2.45, 2.75) is 32.0 Å². The first-order valence-electron chi connectivity index (χ1n) is 6.31. The second-order valence-electron chi connectivity index (χ2n) is 4.94. The maximum atomic E-state index is 12.8. The third-order valence-electron chi connectivity index (χ3n) is 3.63. The van der Waals surface area contributed by atoms with E-state index in [9.17, 15) is 18.0 Å². The quantitative estimate of drug-likeness (QED) is 0.916. The van der Waals surface area contributed by atoms with Gasteiger partial charge in [0.15, 0.2) is 0 Å². The summed E-state index contributed by atoms with van der Waals surface area (Å²) in [5.41, 5.74) is -0.638. The zero-order valence-electron chi connectivity index (χ0n) is 10.6. The number of alkyl halides is 3. The van der Waals surface area contributed by atoms with Crippen molar-refractivity contribution in [2.75, 3.05) is 6.54 Å². The van der Waals surface area contributed by atoms with Gasteiger partial charge in [-0.25, -0.2) is 0 Å². The molecular formula is C14H16F3NO. The van der Waals surface area contributed by atoms with Crippen LogP contribution in [0.2, 0.25) is 0 Å². The first kappa shape index (κ1) is 14.1. The summed E-state index contributed by atoms with van der Waals surface area (Å²) < 4.78 is 38.5. The molecule has 1 aliphatic rings. The number of carbonyl (C=O) groups is 1. The highest BCUT2D eigenvalue weighted by Crippen LogP contribution is 2.32. The van der Waals surface area contributed by atoms with E-state index in [4.69, 9.17) is 0 Å². The van der Waals surface area contributed by atoms with E-state index in [-0.39, 0.29) is 29.7 Å². The first-order chi connectivity index (χ1) is 8.89. The summed E-state index contributed by atoms with van der Waals surface area (Å²) in [5, 5.41) is 3.14. The normalized spacial score (nSPS) is 23.6. The lowest BCUT2D eigenvalue weighted by atomic mass is 9.91. The van der Waals surface area contributed by atoms with E-state index in [0.717, 1.165) is 12.6 Å². The number of hydrogen-bond acceptors (Lipinski definition) is 2. The van der Waals surface area contributed by atoms with Gasteiger partial charge in [-0.1, -0.05) is 18.2 Å². The van der Waals surface area contributed by atoms with Crippen molar-refractivity contribution >= 4 is 5.78 Å². The van der Waals surface area contributed by atoms with Gasteiger partial charge in [-0.2, -0.15) is 13.2 Å². The van der Waals surface area contributed by atoms with Crippen molar-refractivity contribution in [3.63, 3.8) is 0 Å². The molecule has 0 amide bonds. The topological polar surface area (TPSA) is 29.1 Å². The minimum absolute atomic E-state index is 0.0468. The Morgan fingerprint density at radius 1 is 1.37 bits per heavy atom. The lowest BCUT2D eigenvalue weighted by molar-refractivity contribution is -0.138. The van der Waals surface area contributed by atoms with Gasteiger partial charge in [0.25, 0.3) is 0 Å². The summed E-state index contributed by atoms with van der Waals surface area (Å²) in [6.07, 6.45) is -3.85. The summed E-state index contributed by atoms with van der Waals surface area (Å²) in [6, 6.07) is 5.34. The second-order valence-corrected chi connectivity index (χ2v) is 4.94. The first-order valence-corrected chi connectivity index (χ1v) is 6.31. The number of carbonyl (C=O) groups excluding carboxylic acids is 1. The van der Waals surface area contributed by atoms with E-state index in [1.165, 1.54) is 18.2 Å². The number of nitrogens with one attached hydrogen (secondary N) is 1. The van der Waals surface area contributed by atoms with Crippen LogP contribution in [0.25, 0.3) is 0 Å². The van der Waals surface area contributed by atoms with Crippen LogP contribution in [0.3, 0.4) is 0 Å². The van der Waals surface area contributed by atoms with Crippen molar-refractivity contribution in [3.05, 3.63) is 35.4 Å². The molecule has 0 aliphatic carbocycles. The molecule has 0 saturated carbocycles. The molecule has 104 valence electrons. The number of rotatable bonds is 3. The maximum absolute atomic E-state index is 12.8. The molecule has 1 aromatic rings. The highest BCUT2D eigenvalue weighted by Gasteiger charge is 2.35. The summed E-state index contributed by atoms with van der Waals surface area (Å²) >= 11 is 0. The number of benzene rings is 1. The Morgan fingerprint density at radius 2 is 2.05 bits per heavy atom. The van der Waals surface area contributed by atoms with E-state index in [1.54, 1.807) is 0 Å². The zero-order chi connectivity index (χ0) is 14.0. The van der Waals surface area contributed by atoms with E-state index < -0.39 is 11.7 Å². The molecule has 2 atom stereocenters. The van der Waals surface area contributed by atoms with E-state index >= 15 is 0 Å². The number of Topliss-reactive ketones (excluding diaryl/α,β-unsaturated/α-hetero) is 1. The summed E-state index contributed by atoms with van der Waals surface area (Å²) in [7, 11) is 0. The molecule has 1 aliphatic heterocycles. The highest BCUT2D eigenvalue weighted by atomic mass is 19.4. The van der Waals surface area contributed by atoms with Gasteiger partial charge < -0.3 is 5.32 Å². The molecule has 1 heterocycles. The Balaban J connectivity index is 2.17. The van der Waals surface area contributed by atoms with Crippen LogP contribution in [-0.2, 0) is 17.4 Å². The average molecular weight is 271 g/mol. The van der Waals surface area contributed by atoms with Crippen LogP contribution < -0.4 is 5.32 Å². The fourth-order valence-corrected chi connectivity index (χ4v) is 2.57. The molecule has 1 fully saturated rings. The van der Waals surface area contributed by atoms with Crippen molar-refractivity contribution in [2.24, 2.45) is 5.92 Å². The molecule has 0 spiro atoms. The van der Waals surface area contributed by atoms with Crippen molar-refractivity contribution in [3.8, 4) is 0 Å². The van der Waals surface area contributed by atoms with Gasteiger partial charge in [-0.3, -0.25) is 4.79 Å². The lowest BCUT2D eigenvalue weighted by Crippen LogP contribution is -2.29. The second kappa shape index (κ2) is 5.33. The monoisotopic (exact) mass is 271 g/mol. The molecular weight excluding hydrogens is 255 g/mol. The van der Waals surface area contributed by atoms with Crippen LogP contribution in [0.4, 0.5) is 13.2 Å². The van der Waals surface area contributed by atoms with Crippen molar-refractivity contribution in [1.29, 1.82) is 0 Å². The number of halogens is 3. The summed E-state index contributed by atoms with van der Waals surface area (Å²) in [4.78, 5) is 12.1. The Hall–Kier alpha value is -1.36. The van der Waals surface area contributed by atoms with Crippen LogP contribution >= 0.6 is 0 Å². The largest absolute Gasteiger partial charge is 0.416 e.